The average Bonchev–Trinajstić information content (AvgIpc) is 3.76. The van der Waals surface area contributed by atoms with Crippen LogP contribution < -0.4 is 9.64 Å². The molecule has 53 heavy (non-hydrogen) atoms. The maximum atomic E-state index is 7.28. The predicted octanol–water partition coefficient (Wildman–Crippen LogP) is 13.3. The van der Waals surface area contributed by atoms with Crippen LogP contribution in [-0.4, -0.2) is 0 Å². The summed E-state index contributed by atoms with van der Waals surface area (Å²) in [5, 5.41) is 0. The number of anilines is 3. The van der Waals surface area contributed by atoms with Gasteiger partial charge in [0.25, 0.3) is 0 Å². The standard InChI is InChI=1S/C51H51NO/c1-47(2)22-23-48(3,4)41-28-33(19-21-37(41)47)52(32-18-20-35-34-12-7-8-13-36(34)49(5,6)40(35)27-32)42-16-11-15-39-46(42)53-43-17-10-9-14-38(43)51(39)44-25-30-24-31-26-45(51)50(31,44)29-30/h7-21,27-28,30-31,44-45H,22-26,29H2,1-6H3. The van der Waals surface area contributed by atoms with Crippen LogP contribution in [0.2, 0.25) is 0 Å². The second kappa shape index (κ2) is 9.67. The quantitative estimate of drug-likeness (QED) is 0.186. The Balaban J connectivity index is 1.10. The van der Waals surface area contributed by atoms with Gasteiger partial charge in [-0.15, -0.1) is 0 Å². The molecule has 7 aliphatic rings. The van der Waals surface area contributed by atoms with Gasteiger partial charge in [-0.2, -0.15) is 0 Å². The second-order valence-corrected chi connectivity index (χ2v) is 20.0. The van der Waals surface area contributed by atoms with Gasteiger partial charge < -0.3 is 9.64 Å². The van der Waals surface area contributed by atoms with Crippen LogP contribution in [0.15, 0.2) is 103 Å². The van der Waals surface area contributed by atoms with Crippen molar-refractivity contribution >= 4 is 17.1 Å². The highest BCUT2D eigenvalue weighted by molar-refractivity contribution is 5.88. The van der Waals surface area contributed by atoms with Crippen molar-refractivity contribution < 1.29 is 4.74 Å². The molecule has 0 amide bonds. The van der Waals surface area contributed by atoms with E-state index in [1.807, 2.05) is 0 Å². The van der Waals surface area contributed by atoms with Gasteiger partial charge in [0.15, 0.2) is 5.75 Å². The maximum absolute atomic E-state index is 7.28. The molecule has 2 heteroatoms. The van der Waals surface area contributed by atoms with Crippen molar-refractivity contribution in [1.82, 2.24) is 0 Å². The predicted molar refractivity (Wildman–Crippen MR) is 216 cm³/mol. The third-order valence-electron chi connectivity index (χ3n) is 16.7. The fourth-order valence-corrected chi connectivity index (χ4v) is 14.2. The van der Waals surface area contributed by atoms with Gasteiger partial charge in [-0.05, 0) is 148 Å². The first kappa shape index (κ1) is 31.1. The van der Waals surface area contributed by atoms with Gasteiger partial charge in [-0.3, -0.25) is 0 Å². The third kappa shape index (κ3) is 3.54. The van der Waals surface area contributed by atoms with E-state index in [4.69, 9.17) is 4.74 Å². The summed E-state index contributed by atoms with van der Waals surface area (Å²) in [5.41, 5.74) is 15.8. The lowest BCUT2D eigenvalue weighted by Gasteiger charge is -2.77. The smallest absolute Gasteiger partial charge is 0.155 e. The molecule has 0 N–H and O–H groups in total. The summed E-state index contributed by atoms with van der Waals surface area (Å²) in [4.78, 5) is 2.57. The Morgan fingerprint density at radius 2 is 1.23 bits per heavy atom. The highest BCUT2D eigenvalue weighted by atomic mass is 16.5. The molecular weight excluding hydrogens is 643 g/mol. The Labute approximate surface area is 315 Å². The van der Waals surface area contributed by atoms with E-state index in [0.717, 1.165) is 40.9 Å². The Bertz CT molecular complexity index is 2430. The molecule has 0 saturated heterocycles. The van der Waals surface area contributed by atoms with Crippen LogP contribution in [0.25, 0.3) is 11.1 Å². The summed E-state index contributed by atoms with van der Waals surface area (Å²) in [7, 11) is 0. The zero-order valence-electron chi connectivity index (χ0n) is 32.2. The number of nitrogens with zero attached hydrogens (tertiary/aromatic N) is 1. The van der Waals surface area contributed by atoms with Gasteiger partial charge in [0.05, 0.1) is 5.69 Å². The molecule has 2 spiro atoms. The minimum absolute atomic E-state index is 0.0426. The number of hydrogen-bond acceptors (Lipinski definition) is 2. The van der Waals surface area contributed by atoms with E-state index in [2.05, 4.69) is 150 Å². The summed E-state index contributed by atoms with van der Waals surface area (Å²) in [6.45, 7) is 14.6. The lowest BCUT2D eigenvalue weighted by Crippen LogP contribution is -2.74. The third-order valence-corrected chi connectivity index (χ3v) is 16.7. The molecule has 6 aliphatic carbocycles. The lowest BCUT2D eigenvalue weighted by molar-refractivity contribution is -0.235. The zero-order valence-corrected chi connectivity index (χ0v) is 32.2. The average molecular weight is 694 g/mol. The van der Waals surface area contributed by atoms with Crippen LogP contribution in [-0.2, 0) is 21.7 Å². The summed E-state index contributed by atoms with van der Waals surface area (Å²) >= 11 is 0. The number of benzene rings is 5. The van der Waals surface area contributed by atoms with E-state index in [0.29, 0.717) is 5.41 Å². The van der Waals surface area contributed by atoms with Gasteiger partial charge in [-0.25, -0.2) is 0 Å². The molecule has 5 aromatic carbocycles. The second-order valence-electron chi connectivity index (χ2n) is 20.0. The molecule has 266 valence electrons. The normalized spacial score (nSPS) is 31.5. The Kier molecular flexibility index (Phi) is 5.67. The van der Waals surface area contributed by atoms with Gasteiger partial charge in [0, 0.05) is 33.3 Å². The van der Waals surface area contributed by atoms with Crippen LogP contribution in [0, 0.1) is 29.1 Å². The zero-order chi connectivity index (χ0) is 35.9. The van der Waals surface area contributed by atoms with E-state index >= 15 is 0 Å². The monoisotopic (exact) mass is 693 g/mol. The first-order chi connectivity index (χ1) is 25.5. The van der Waals surface area contributed by atoms with Crippen molar-refractivity contribution in [3.8, 4) is 22.6 Å². The Morgan fingerprint density at radius 3 is 2.04 bits per heavy atom. The Hall–Kier alpha value is -4.30. The fraction of sp³-hybridized carbons (Fsp3) is 0.412. The highest BCUT2D eigenvalue weighted by Crippen LogP contribution is 2.89. The van der Waals surface area contributed by atoms with Crippen LogP contribution in [0.3, 0.4) is 0 Å². The molecule has 12 rings (SSSR count). The number of hydrogen-bond donors (Lipinski definition) is 0. The Morgan fingerprint density at radius 1 is 0.566 bits per heavy atom. The molecule has 1 heterocycles. The minimum Gasteiger partial charge on any atom is -0.455 e. The topological polar surface area (TPSA) is 12.5 Å². The van der Waals surface area contributed by atoms with Gasteiger partial charge in [0.2, 0.25) is 0 Å². The van der Waals surface area contributed by atoms with Crippen molar-refractivity contribution in [2.75, 3.05) is 4.90 Å². The molecule has 0 radical (unpaired) electrons. The van der Waals surface area contributed by atoms with E-state index in [9.17, 15) is 0 Å². The van der Waals surface area contributed by atoms with E-state index in [1.165, 1.54) is 94.4 Å². The minimum atomic E-state index is -0.0894. The fourth-order valence-electron chi connectivity index (χ4n) is 14.2. The van der Waals surface area contributed by atoms with Crippen LogP contribution >= 0.6 is 0 Å². The van der Waals surface area contributed by atoms with E-state index < -0.39 is 0 Å². The summed E-state index contributed by atoms with van der Waals surface area (Å²) in [5.74, 6) is 5.45. The van der Waals surface area contributed by atoms with Crippen molar-refractivity contribution in [2.45, 2.75) is 102 Å². The van der Waals surface area contributed by atoms with Crippen molar-refractivity contribution in [3.63, 3.8) is 0 Å². The molecule has 5 aromatic rings. The van der Waals surface area contributed by atoms with Gasteiger partial charge in [0.1, 0.15) is 5.75 Å². The molecule has 4 saturated carbocycles. The largest absolute Gasteiger partial charge is 0.455 e. The molecule has 0 aromatic heterocycles. The van der Waals surface area contributed by atoms with E-state index in [-0.39, 0.29) is 21.7 Å². The van der Waals surface area contributed by atoms with Crippen LogP contribution in [0.5, 0.6) is 11.5 Å². The molecule has 1 aliphatic heterocycles. The first-order valence-corrected chi connectivity index (χ1v) is 20.6. The molecule has 2 bridgehead atoms. The number of rotatable bonds is 3. The number of ether oxygens (including phenoxy) is 1. The molecule has 6 unspecified atom stereocenters. The van der Waals surface area contributed by atoms with Gasteiger partial charge >= 0.3 is 0 Å². The summed E-state index contributed by atoms with van der Waals surface area (Å²) in [6, 6.07) is 40.0. The number of para-hydroxylation sites is 2. The maximum Gasteiger partial charge on any atom is 0.155 e. The summed E-state index contributed by atoms with van der Waals surface area (Å²) in [6.07, 6.45) is 8.11. The lowest BCUT2D eigenvalue weighted by atomic mass is 9.26. The van der Waals surface area contributed by atoms with Crippen molar-refractivity contribution in [3.05, 3.63) is 137 Å². The van der Waals surface area contributed by atoms with E-state index in [1.54, 1.807) is 0 Å². The highest BCUT2D eigenvalue weighted by Gasteiger charge is 2.84. The van der Waals surface area contributed by atoms with Crippen molar-refractivity contribution in [1.29, 1.82) is 0 Å². The molecule has 6 atom stereocenters. The first-order valence-electron chi connectivity index (χ1n) is 20.6. The molecule has 2 nitrogen and oxygen atoms in total. The van der Waals surface area contributed by atoms with Crippen molar-refractivity contribution in [2.24, 2.45) is 29.1 Å². The molecular formula is C51H51NO. The number of fused-ring (bicyclic) bond motifs is 11. The molecule has 4 fully saturated rings. The SMILES string of the molecule is CC1(C)CCC(C)(C)c2cc(N(c3ccc4c(c3)C(C)(C)c3ccccc3-4)c3cccc4c3Oc3ccccc3C43C4CC5CC6CC3C64C5)ccc21. The van der Waals surface area contributed by atoms with Crippen LogP contribution in [0.4, 0.5) is 17.1 Å². The van der Waals surface area contributed by atoms with Crippen LogP contribution in [0.1, 0.15) is 113 Å². The summed E-state index contributed by atoms with van der Waals surface area (Å²) < 4.78 is 7.28. The van der Waals surface area contributed by atoms with Gasteiger partial charge in [-0.1, -0.05) is 108 Å².